The monoisotopic (exact) mass is 240 g/mol. The van der Waals surface area contributed by atoms with Gasteiger partial charge in [-0.1, -0.05) is 27.7 Å². The summed E-state index contributed by atoms with van der Waals surface area (Å²) in [6, 6.07) is -0.570. The molecule has 0 radical (unpaired) electrons. The average molecular weight is 240 g/mol. The lowest BCUT2D eigenvalue weighted by molar-refractivity contribution is -0.133. The van der Waals surface area contributed by atoms with Crippen LogP contribution in [0.1, 0.15) is 47.0 Å². The largest absolute Gasteiger partial charge is 0.368 e. The van der Waals surface area contributed by atoms with Gasteiger partial charge in [0, 0.05) is 5.41 Å². The summed E-state index contributed by atoms with van der Waals surface area (Å²) in [5, 5.41) is 3.09. The molecule has 1 saturated heterocycles. The topological polar surface area (TPSA) is 72.2 Å². The highest BCUT2D eigenvalue weighted by atomic mass is 16.1. The number of nitrogens with two attached hydrogens (primary N) is 1. The summed E-state index contributed by atoms with van der Waals surface area (Å²) in [5.74, 6) is 0.119. The van der Waals surface area contributed by atoms with Crippen LogP contribution in [0.25, 0.3) is 0 Å². The quantitative estimate of drug-likeness (QED) is 0.776. The van der Waals surface area contributed by atoms with Crippen molar-refractivity contribution >= 4 is 11.7 Å². The number of amides is 1. The van der Waals surface area contributed by atoms with Gasteiger partial charge in [0.05, 0.1) is 12.1 Å². The fourth-order valence-electron chi connectivity index (χ4n) is 2.10. The highest BCUT2D eigenvalue weighted by Gasteiger charge is 2.38. The number of Topliss-reactive ketones (excluding diaryl/α,β-unsaturated/α-hetero) is 1. The molecule has 1 aliphatic rings. The standard InChI is InChI=1S/C13H24N2O2/c1-8(2)13(3,4)11(16)9-6-5-7-10(15-9)12(14)17/h8-10,15H,5-7H2,1-4H3,(H2,14,17). The number of carbonyl (C=O) groups is 2. The van der Waals surface area contributed by atoms with E-state index >= 15 is 0 Å². The van der Waals surface area contributed by atoms with Gasteiger partial charge in [-0.2, -0.15) is 0 Å². The van der Waals surface area contributed by atoms with Crippen molar-refractivity contribution in [2.45, 2.75) is 59.0 Å². The molecule has 98 valence electrons. The SMILES string of the molecule is CC(C)C(C)(C)C(=O)C1CCCC(C(N)=O)N1. The Kier molecular flexibility index (Phi) is 4.31. The first-order valence-electron chi connectivity index (χ1n) is 6.36. The minimum absolute atomic E-state index is 0.193. The molecule has 3 N–H and O–H groups in total. The Morgan fingerprint density at radius 2 is 1.76 bits per heavy atom. The molecule has 0 aromatic heterocycles. The maximum atomic E-state index is 12.4. The molecule has 0 aromatic rings. The highest BCUT2D eigenvalue weighted by Crippen LogP contribution is 2.30. The lowest BCUT2D eigenvalue weighted by Crippen LogP contribution is -2.55. The van der Waals surface area contributed by atoms with Crippen LogP contribution in [0.4, 0.5) is 0 Å². The van der Waals surface area contributed by atoms with Crippen LogP contribution in [0.15, 0.2) is 0 Å². The molecule has 17 heavy (non-hydrogen) atoms. The normalized spacial score (nSPS) is 25.9. The van der Waals surface area contributed by atoms with E-state index in [0.29, 0.717) is 0 Å². The Morgan fingerprint density at radius 3 is 2.24 bits per heavy atom. The third-order valence-electron chi connectivity index (χ3n) is 4.13. The van der Waals surface area contributed by atoms with Crippen LogP contribution in [0, 0.1) is 11.3 Å². The molecule has 1 heterocycles. The molecule has 1 aliphatic heterocycles. The van der Waals surface area contributed by atoms with E-state index in [-0.39, 0.29) is 35.1 Å². The van der Waals surface area contributed by atoms with Gasteiger partial charge < -0.3 is 5.73 Å². The first kappa shape index (κ1) is 14.2. The highest BCUT2D eigenvalue weighted by molar-refractivity contribution is 5.90. The first-order valence-corrected chi connectivity index (χ1v) is 6.36. The van der Waals surface area contributed by atoms with Gasteiger partial charge in [0.1, 0.15) is 0 Å². The third kappa shape index (κ3) is 3.06. The molecule has 4 heteroatoms. The number of hydrogen-bond acceptors (Lipinski definition) is 3. The summed E-state index contributed by atoms with van der Waals surface area (Å²) in [4.78, 5) is 23.6. The summed E-state index contributed by atoms with van der Waals surface area (Å²) in [6.45, 7) is 8.03. The van der Waals surface area contributed by atoms with Gasteiger partial charge in [-0.15, -0.1) is 0 Å². The van der Waals surface area contributed by atoms with Gasteiger partial charge in [-0.05, 0) is 25.2 Å². The van der Waals surface area contributed by atoms with Gasteiger partial charge in [0.15, 0.2) is 5.78 Å². The van der Waals surface area contributed by atoms with Gasteiger partial charge >= 0.3 is 0 Å². The minimum atomic E-state index is -0.364. The average Bonchev–Trinajstić information content (AvgIpc) is 2.27. The number of primary amides is 1. The van der Waals surface area contributed by atoms with Gasteiger partial charge in [0.25, 0.3) is 0 Å². The minimum Gasteiger partial charge on any atom is -0.368 e. The van der Waals surface area contributed by atoms with E-state index in [1.165, 1.54) is 0 Å². The summed E-state index contributed by atoms with van der Waals surface area (Å²) in [6.07, 6.45) is 2.42. The van der Waals surface area contributed by atoms with E-state index in [2.05, 4.69) is 5.32 Å². The molecule has 0 bridgehead atoms. The molecular weight excluding hydrogens is 216 g/mol. The summed E-state index contributed by atoms with van der Waals surface area (Å²) < 4.78 is 0. The molecule has 4 nitrogen and oxygen atoms in total. The van der Waals surface area contributed by atoms with Crippen molar-refractivity contribution in [2.75, 3.05) is 0 Å². The van der Waals surface area contributed by atoms with E-state index in [9.17, 15) is 9.59 Å². The summed E-state index contributed by atoms with van der Waals surface area (Å²) >= 11 is 0. The molecular formula is C13H24N2O2. The van der Waals surface area contributed by atoms with Crippen LogP contribution in [-0.4, -0.2) is 23.8 Å². The van der Waals surface area contributed by atoms with Crippen molar-refractivity contribution in [3.05, 3.63) is 0 Å². The van der Waals surface area contributed by atoms with E-state index in [4.69, 9.17) is 5.73 Å². The number of hydrogen-bond donors (Lipinski definition) is 2. The van der Waals surface area contributed by atoms with E-state index < -0.39 is 0 Å². The molecule has 2 unspecified atom stereocenters. The molecule has 1 rings (SSSR count). The van der Waals surface area contributed by atoms with Crippen molar-refractivity contribution in [1.82, 2.24) is 5.32 Å². The molecule has 0 spiro atoms. The molecule has 0 saturated carbocycles. The van der Waals surface area contributed by atoms with Crippen LogP contribution in [0.2, 0.25) is 0 Å². The smallest absolute Gasteiger partial charge is 0.234 e. The maximum Gasteiger partial charge on any atom is 0.234 e. The fourth-order valence-corrected chi connectivity index (χ4v) is 2.10. The van der Waals surface area contributed by atoms with E-state index in [1.807, 2.05) is 27.7 Å². The van der Waals surface area contributed by atoms with Crippen LogP contribution >= 0.6 is 0 Å². The Bertz CT molecular complexity index is 311. The zero-order valence-corrected chi connectivity index (χ0v) is 11.2. The van der Waals surface area contributed by atoms with Gasteiger partial charge in [-0.25, -0.2) is 0 Å². The molecule has 1 fully saturated rings. The Balaban J connectivity index is 2.73. The lowest BCUT2D eigenvalue weighted by atomic mass is 9.73. The predicted molar refractivity (Wildman–Crippen MR) is 67.4 cm³/mol. The molecule has 1 amide bonds. The van der Waals surface area contributed by atoms with Crippen molar-refractivity contribution in [3.8, 4) is 0 Å². The van der Waals surface area contributed by atoms with Gasteiger partial charge in [0.2, 0.25) is 5.91 Å². The second-order valence-electron chi connectivity index (χ2n) is 5.85. The van der Waals surface area contributed by atoms with Crippen molar-refractivity contribution in [1.29, 1.82) is 0 Å². The Hall–Kier alpha value is -0.900. The van der Waals surface area contributed by atoms with Crippen molar-refractivity contribution in [3.63, 3.8) is 0 Å². The summed E-state index contributed by atoms with van der Waals surface area (Å²) in [5.41, 5.74) is 4.92. The zero-order chi connectivity index (χ0) is 13.2. The second-order valence-corrected chi connectivity index (χ2v) is 5.85. The van der Waals surface area contributed by atoms with Crippen molar-refractivity contribution < 1.29 is 9.59 Å². The van der Waals surface area contributed by atoms with Crippen LogP contribution in [0.5, 0.6) is 0 Å². The predicted octanol–water partition coefficient (Wildman–Crippen LogP) is 1.23. The Morgan fingerprint density at radius 1 is 1.24 bits per heavy atom. The third-order valence-corrected chi connectivity index (χ3v) is 4.13. The Labute approximate surface area is 103 Å². The van der Waals surface area contributed by atoms with Crippen LogP contribution in [0.3, 0.4) is 0 Å². The zero-order valence-electron chi connectivity index (χ0n) is 11.2. The number of carbonyl (C=O) groups excluding carboxylic acids is 2. The maximum absolute atomic E-state index is 12.4. The first-order chi connectivity index (χ1) is 7.76. The summed E-state index contributed by atoms with van der Waals surface area (Å²) in [7, 11) is 0. The number of nitrogens with one attached hydrogen (secondary N) is 1. The van der Waals surface area contributed by atoms with Crippen molar-refractivity contribution in [2.24, 2.45) is 17.1 Å². The number of ketones is 1. The lowest BCUT2D eigenvalue weighted by Gasteiger charge is -2.36. The number of rotatable bonds is 4. The van der Waals surface area contributed by atoms with Crippen LogP contribution < -0.4 is 11.1 Å². The molecule has 0 aliphatic carbocycles. The van der Waals surface area contributed by atoms with E-state index in [0.717, 1.165) is 19.3 Å². The van der Waals surface area contributed by atoms with Gasteiger partial charge in [-0.3, -0.25) is 14.9 Å². The molecule has 2 atom stereocenters. The second kappa shape index (κ2) is 5.17. The van der Waals surface area contributed by atoms with E-state index in [1.54, 1.807) is 0 Å². The molecule has 0 aromatic carbocycles. The number of piperidine rings is 1. The van der Waals surface area contributed by atoms with Crippen LogP contribution in [-0.2, 0) is 9.59 Å². The fraction of sp³-hybridized carbons (Fsp3) is 0.846.